The zero-order chi connectivity index (χ0) is 64.4. The van der Waals surface area contributed by atoms with Crippen LogP contribution in [0.25, 0.3) is 0 Å². The standard InChI is InChI=1S/C77H152N4O6S2/c1-5-9-13-17-21-25-27-29-31-33-35-39-43-47-55-75(84)71-81(72-76(85)56-48-44-40-36-34-32-30-28-26-22-18-14-10-6-2)59-51-52-67-88-89-68-65-79-62-60-78(61-63-79)64-66-87-77(86)57-49-50-58-80(69-73(82)53-45-41-37-23-19-15-11-7-3)70-74(83)54-46-42-38-24-20-16-12-8-4/h29-32,73-76,82-85H,5-28,33-72H2,1-4H3/b31-29-,32-30-/t73?,74?,75-,76-/m0/s1. The summed E-state index contributed by atoms with van der Waals surface area (Å²) < 4.78 is 5.73. The summed E-state index contributed by atoms with van der Waals surface area (Å²) >= 11 is 0. The molecule has 0 aliphatic carbocycles. The van der Waals surface area contributed by atoms with E-state index < -0.39 is 0 Å². The molecule has 12 heteroatoms. The second-order valence-corrected chi connectivity index (χ2v) is 30.1. The minimum absolute atomic E-state index is 0.114. The van der Waals surface area contributed by atoms with Gasteiger partial charge in [0.25, 0.3) is 0 Å². The highest BCUT2D eigenvalue weighted by molar-refractivity contribution is 8.76. The van der Waals surface area contributed by atoms with Gasteiger partial charge in [0.2, 0.25) is 0 Å². The van der Waals surface area contributed by atoms with Gasteiger partial charge in [0.05, 0.1) is 24.4 Å². The molecule has 0 aromatic heterocycles. The minimum atomic E-state index is -0.376. The van der Waals surface area contributed by atoms with E-state index in [1.54, 1.807) is 0 Å². The number of carbonyl (C=O) groups excluding carboxylic acids is 1. The third-order valence-electron chi connectivity index (χ3n) is 18.5. The number of allylic oxidation sites excluding steroid dienone is 4. The molecule has 528 valence electrons. The van der Waals surface area contributed by atoms with Crippen molar-refractivity contribution < 1.29 is 30.0 Å². The van der Waals surface area contributed by atoms with Crippen LogP contribution in [0, 0.1) is 0 Å². The summed E-state index contributed by atoms with van der Waals surface area (Å²) in [5.41, 5.74) is 0. The summed E-state index contributed by atoms with van der Waals surface area (Å²) in [6.07, 6.45) is 66.6. The lowest BCUT2D eigenvalue weighted by molar-refractivity contribution is -0.144. The van der Waals surface area contributed by atoms with Crippen LogP contribution in [0.3, 0.4) is 0 Å². The smallest absolute Gasteiger partial charge is 0.305 e. The fraction of sp³-hybridized carbons (Fsp3) is 0.935. The van der Waals surface area contributed by atoms with Gasteiger partial charge in [-0.2, -0.15) is 0 Å². The van der Waals surface area contributed by atoms with Gasteiger partial charge in [-0.3, -0.25) is 24.4 Å². The lowest BCUT2D eigenvalue weighted by atomic mass is 10.0. The Hall–Kier alpha value is -0.670. The van der Waals surface area contributed by atoms with E-state index in [9.17, 15) is 25.2 Å². The molecular weight excluding hydrogens is 1140 g/mol. The van der Waals surface area contributed by atoms with Crippen molar-refractivity contribution in [1.29, 1.82) is 0 Å². The van der Waals surface area contributed by atoms with Crippen molar-refractivity contribution in [3.63, 3.8) is 0 Å². The van der Waals surface area contributed by atoms with Crippen molar-refractivity contribution in [2.45, 2.75) is 367 Å². The van der Waals surface area contributed by atoms with Gasteiger partial charge in [0.1, 0.15) is 6.61 Å². The zero-order valence-electron chi connectivity index (χ0n) is 59.6. The zero-order valence-corrected chi connectivity index (χ0v) is 61.2. The Morgan fingerprint density at radius 3 is 1.01 bits per heavy atom. The Morgan fingerprint density at radius 2 is 0.663 bits per heavy atom. The van der Waals surface area contributed by atoms with Gasteiger partial charge in [-0.05, 0) is 116 Å². The highest BCUT2D eigenvalue weighted by atomic mass is 33.1. The summed E-state index contributed by atoms with van der Waals surface area (Å²) in [5, 5.41) is 44.4. The van der Waals surface area contributed by atoms with Crippen LogP contribution >= 0.6 is 21.6 Å². The first-order valence-electron chi connectivity index (χ1n) is 39.0. The number of piperazine rings is 1. The van der Waals surface area contributed by atoms with E-state index in [1.165, 1.54) is 231 Å². The number of rotatable bonds is 71. The molecule has 4 atom stereocenters. The van der Waals surface area contributed by atoms with E-state index in [-0.39, 0.29) is 30.4 Å². The van der Waals surface area contributed by atoms with Crippen LogP contribution in [-0.4, -0.2) is 167 Å². The van der Waals surface area contributed by atoms with Crippen LogP contribution < -0.4 is 0 Å². The SMILES string of the molecule is CCCCCCCC/C=C\CCCCCC[C@H](O)CN(CCCCSSCCN1CCN(CCOC(=O)CCCCN(CC(O)CCCCCCCCCC)CC(O)CCCCCCCCCC)CC1)C[C@@H](O)CCCCCC/C=C\CCCCCCCC. The summed E-state index contributed by atoms with van der Waals surface area (Å²) in [6, 6.07) is 0. The number of nitrogens with zero attached hydrogens (tertiary/aromatic N) is 4. The molecule has 0 saturated carbocycles. The molecule has 2 unspecified atom stereocenters. The average molecular weight is 1290 g/mol. The second-order valence-electron chi connectivity index (χ2n) is 27.4. The van der Waals surface area contributed by atoms with Crippen molar-refractivity contribution in [3.05, 3.63) is 24.3 Å². The van der Waals surface area contributed by atoms with Gasteiger partial charge >= 0.3 is 5.97 Å². The van der Waals surface area contributed by atoms with E-state index in [0.29, 0.717) is 39.2 Å². The largest absolute Gasteiger partial charge is 0.464 e. The van der Waals surface area contributed by atoms with Crippen molar-refractivity contribution in [3.8, 4) is 0 Å². The molecule has 0 aromatic rings. The van der Waals surface area contributed by atoms with Crippen molar-refractivity contribution >= 4 is 27.6 Å². The lowest BCUT2D eigenvalue weighted by Crippen LogP contribution is -2.47. The van der Waals surface area contributed by atoms with Crippen LogP contribution in [0.2, 0.25) is 0 Å². The number of hydrogen-bond acceptors (Lipinski definition) is 12. The Morgan fingerprint density at radius 1 is 0.371 bits per heavy atom. The molecule has 1 fully saturated rings. The maximum atomic E-state index is 12.8. The van der Waals surface area contributed by atoms with Crippen molar-refractivity contribution in [1.82, 2.24) is 19.6 Å². The summed E-state index contributed by atoms with van der Waals surface area (Å²) in [5.74, 6) is 2.14. The van der Waals surface area contributed by atoms with E-state index in [1.807, 2.05) is 21.6 Å². The van der Waals surface area contributed by atoms with Gasteiger partial charge in [0, 0.05) is 83.4 Å². The molecule has 0 aromatic carbocycles. The van der Waals surface area contributed by atoms with Crippen LogP contribution in [0.1, 0.15) is 342 Å². The first-order chi connectivity index (χ1) is 43.7. The Balaban J connectivity index is 2.38. The number of carbonyl (C=O) groups is 1. The first-order valence-corrected chi connectivity index (χ1v) is 41.5. The van der Waals surface area contributed by atoms with Crippen LogP contribution in [0.4, 0.5) is 0 Å². The number of unbranched alkanes of at least 4 members (excludes halogenated alkanes) is 36. The Bertz CT molecular complexity index is 1420. The molecule has 10 nitrogen and oxygen atoms in total. The van der Waals surface area contributed by atoms with Gasteiger partial charge < -0.3 is 25.2 Å². The third kappa shape index (κ3) is 61.9. The molecule has 1 aliphatic rings. The predicted molar refractivity (Wildman–Crippen MR) is 393 cm³/mol. The van der Waals surface area contributed by atoms with Gasteiger partial charge in [-0.25, -0.2) is 0 Å². The maximum absolute atomic E-state index is 12.8. The molecule has 1 rings (SSSR count). The molecule has 1 aliphatic heterocycles. The van der Waals surface area contributed by atoms with Crippen LogP contribution in [-0.2, 0) is 9.53 Å². The lowest BCUT2D eigenvalue weighted by Gasteiger charge is -2.34. The highest BCUT2D eigenvalue weighted by Crippen LogP contribution is 2.24. The molecule has 0 spiro atoms. The van der Waals surface area contributed by atoms with Gasteiger partial charge in [0.15, 0.2) is 0 Å². The minimum Gasteiger partial charge on any atom is -0.464 e. The predicted octanol–water partition coefficient (Wildman–Crippen LogP) is 19.9. The van der Waals surface area contributed by atoms with Gasteiger partial charge in [-0.15, -0.1) is 0 Å². The number of aliphatic hydroxyl groups is 4. The molecule has 1 saturated heterocycles. The molecule has 4 N–H and O–H groups in total. The number of hydrogen-bond donors (Lipinski definition) is 4. The number of esters is 1. The summed E-state index contributed by atoms with van der Waals surface area (Å²) in [4.78, 5) is 22.4. The Kier molecular flexibility index (Phi) is 66.7. The van der Waals surface area contributed by atoms with E-state index in [0.717, 1.165) is 141 Å². The first kappa shape index (κ1) is 86.3. The highest BCUT2D eigenvalue weighted by Gasteiger charge is 2.20. The molecule has 0 amide bonds. The van der Waals surface area contributed by atoms with Crippen LogP contribution in [0.5, 0.6) is 0 Å². The Labute approximate surface area is 561 Å². The van der Waals surface area contributed by atoms with E-state index in [2.05, 4.69) is 71.6 Å². The molecule has 1 heterocycles. The maximum Gasteiger partial charge on any atom is 0.305 e. The van der Waals surface area contributed by atoms with E-state index in [4.69, 9.17) is 4.74 Å². The van der Waals surface area contributed by atoms with Gasteiger partial charge in [-0.1, -0.05) is 279 Å². The molecule has 0 radical (unpaired) electrons. The monoisotopic (exact) mass is 1290 g/mol. The topological polar surface area (TPSA) is 120 Å². The molecular formula is C77H152N4O6S2. The van der Waals surface area contributed by atoms with E-state index >= 15 is 0 Å². The normalized spacial score (nSPS) is 15.0. The number of aliphatic hydroxyl groups excluding tert-OH is 4. The second kappa shape index (κ2) is 68.7. The average Bonchev–Trinajstić information content (AvgIpc) is 3.67. The quantitative estimate of drug-likeness (QED) is 0.0201. The summed E-state index contributed by atoms with van der Waals surface area (Å²) in [6.45, 7) is 19.8. The third-order valence-corrected chi connectivity index (χ3v) is 21.0. The fourth-order valence-corrected chi connectivity index (χ4v) is 14.8. The van der Waals surface area contributed by atoms with Crippen molar-refractivity contribution in [2.75, 3.05) is 96.6 Å². The van der Waals surface area contributed by atoms with Crippen LogP contribution in [0.15, 0.2) is 24.3 Å². The van der Waals surface area contributed by atoms with Crippen molar-refractivity contribution in [2.24, 2.45) is 0 Å². The molecule has 0 bridgehead atoms. The fourth-order valence-electron chi connectivity index (χ4n) is 12.6. The molecule has 89 heavy (non-hydrogen) atoms. The number of ether oxygens (including phenoxy) is 1. The summed E-state index contributed by atoms with van der Waals surface area (Å²) in [7, 11) is 3.99.